The van der Waals surface area contributed by atoms with E-state index >= 15 is 0 Å². The van der Waals surface area contributed by atoms with Crippen molar-refractivity contribution in [2.45, 2.75) is 57.8 Å². The first kappa shape index (κ1) is 41.2. The number of amides is 2. The number of aryl methyl sites for hydroxylation is 1. The van der Waals surface area contributed by atoms with Gasteiger partial charge in [-0.2, -0.15) is 0 Å². The van der Waals surface area contributed by atoms with Crippen LogP contribution in [0.3, 0.4) is 0 Å². The predicted octanol–water partition coefficient (Wildman–Crippen LogP) is 11.6. The molecule has 2 aliphatic carbocycles. The largest absolute Gasteiger partial charge is 0.496 e. The van der Waals surface area contributed by atoms with Gasteiger partial charge in [0.2, 0.25) is 0 Å². The first-order chi connectivity index (χ1) is 30.9. The van der Waals surface area contributed by atoms with Crippen LogP contribution in [0.2, 0.25) is 0 Å². The number of methoxy groups -OCH3 is 2. The maximum absolute atomic E-state index is 14.2. The van der Waals surface area contributed by atoms with Crippen LogP contribution >= 0.6 is 0 Å². The summed E-state index contributed by atoms with van der Waals surface area (Å²) in [6, 6.07) is 59.8. The molecular weight excluding hydrogens is 777 g/mol. The number of nitrogens with zero attached hydrogens (tertiary/aromatic N) is 2. The summed E-state index contributed by atoms with van der Waals surface area (Å²) >= 11 is 0. The fraction of sp³-hybridized carbons (Fsp3) is 0.193. The smallest absolute Gasteiger partial charge is 0.258 e. The minimum absolute atomic E-state index is 0.0234. The van der Waals surface area contributed by atoms with Crippen molar-refractivity contribution < 1.29 is 19.1 Å². The highest BCUT2D eigenvalue weighted by Crippen LogP contribution is 2.35. The molecule has 6 nitrogen and oxygen atoms in total. The summed E-state index contributed by atoms with van der Waals surface area (Å²) < 4.78 is 11.3. The van der Waals surface area contributed by atoms with E-state index in [2.05, 4.69) is 84.6 Å². The van der Waals surface area contributed by atoms with E-state index in [0.717, 1.165) is 52.8 Å². The summed E-state index contributed by atoms with van der Waals surface area (Å²) in [5.41, 5.74) is 10.1. The third-order valence-corrected chi connectivity index (χ3v) is 12.9. The molecule has 0 atom stereocenters. The lowest BCUT2D eigenvalue weighted by atomic mass is 10.00. The van der Waals surface area contributed by atoms with Crippen LogP contribution < -0.4 is 9.47 Å². The average molecular weight is 829 g/mol. The fourth-order valence-corrected chi connectivity index (χ4v) is 9.57. The molecule has 0 spiro atoms. The first-order valence-corrected chi connectivity index (χ1v) is 21.9. The number of benzene rings is 8. The molecule has 0 unspecified atom stereocenters. The fourth-order valence-electron chi connectivity index (χ4n) is 9.57. The van der Waals surface area contributed by atoms with E-state index in [-0.39, 0.29) is 23.9 Å². The van der Waals surface area contributed by atoms with Gasteiger partial charge in [0.05, 0.1) is 25.3 Å². The second kappa shape index (κ2) is 18.4. The molecule has 314 valence electrons. The first-order valence-electron chi connectivity index (χ1n) is 21.9. The van der Waals surface area contributed by atoms with Crippen molar-refractivity contribution in [3.05, 3.63) is 226 Å². The minimum atomic E-state index is 0.0234. The minimum Gasteiger partial charge on any atom is -0.496 e. The van der Waals surface area contributed by atoms with E-state index in [1.54, 1.807) is 14.2 Å². The molecule has 10 rings (SSSR count). The maximum atomic E-state index is 14.2. The van der Waals surface area contributed by atoms with Gasteiger partial charge < -0.3 is 19.3 Å². The summed E-state index contributed by atoms with van der Waals surface area (Å²) in [5, 5.41) is 3.95. The molecule has 2 amide bonds. The predicted molar refractivity (Wildman–Crippen MR) is 254 cm³/mol. The number of hydrogen-bond donors (Lipinski definition) is 0. The van der Waals surface area contributed by atoms with E-state index in [9.17, 15) is 9.59 Å². The molecule has 0 bridgehead atoms. The Balaban J connectivity index is 0.000000160. The van der Waals surface area contributed by atoms with Crippen LogP contribution in [-0.2, 0) is 38.8 Å². The molecule has 0 saturated heterocycles. The standard InChI is InChI=1S/C29H27NO2.C28H25NO2/c1-20-9-3-4-13-24(20)19-30(25-17-22-11-5-6-12-23(22)18-25)29(31)28-26-14-8-7-10-21(26)15-16-27(28)32-2;1-31-26-16-15-21-11-7-8-14-25(21)27(26)28(30)29(19-20-9-3-2-4-10-20)24-17-22-12-5-6-13-23(22)18-24/h3-16,25H,17-19H2,1-2H3;2-16,24H,17-19H2,1H3. The number of hydrogen-bond acceptors (Lipinski definition) is 4. The summed E-state index contributed by atoms with van der Waals surface area (Å²) in [5.74, 6) is 1.30. The number of rotatable bonds is 10. The molecule has 6 heteroatoms. The zero-order valence-electron chi connectivity index (χ0n) is 36.2. The van der Waals surface area contributed by atoms with Gasteiger partial charge in [-0.3, -0.25) is 9.59 Å². The molecule has 8 aromatic rings. The van der Waals surface area contributed by atoms with Crippen molar-refractivity contribution in [1.82, 2.24) is 9.80 Å². The normalized spacial score (nSPS) is 13.2. The molecule has 0 aliphatic heterocycles. The Kier molecular flexibility index (Phi) is 12.0. The van der Waals surface area contributed by atoms with Gasteiger partial charge in [-0.1, -0.05) is 164 Å². The van der Waals surface area contributed by atoms with E-state index in [1.165, 1.54) is 33.4 Å². The second-order valence-corrected chi connectivity index (χ2v) is 16.7. The quantitative estimate of drug-likeness (QED) is 0.138. The van der Waals surface area contributed by atoms with Gasteiger partial charge >= 0.3 is 0 Å². The van der Waals surface area contributed by atoms with Crippen molar-refractivity contribution in [2.75, 3.05) is 14.2 Å². The topological polar surface area (TPSA) is 59.1 Å². The number of fused-ring (bicyclic) bond motifs is 4. The molecule has 0 saturated carbocycles. The zero-order valence-corrected chi connectivity index (χ0v) is 36.2. The molecule has 0 aromatic heterocycles. The summed E-state index contributed by atoms with van der Waals surface area (Å²) in [4.78, 5) is 32.5. The van der Waals surface area contributed by atoms with Crippen LogP contribution in [0.5, 0.6) is 11.5 Å². The van der Waals surface area contributed by atoms with Crippen LogP contribution in [0.25, 0.3) is 21.5 Å². The van der Waals surface area contributed by atoms with Crippen LogP contribution in [0, 0.1) is 6.92 Å². The highest BCUT2D eigenvalue weighted by atomic mass is 16.5. The van der Waals surface area contributed by atoms with Crippen LogP contribution in [0.4, 0.5) is 0 Å². The lowest BCUT2D eigenvalue weighted by Gasteiger charge is -2.31. The number of ether oxygens (including phenoxy) is 2. The number of carbonyl (C=O) groups excluding carboxylic acids is 2. The maximum Gasteiger partial charge on any atom is 0.258 e. The van der Waals surface area contributed by atoms with Gasteiger partial charge in [-0.25, -0.2) is 0 Å². The Hall–Kier alpha value is -7.18. The number of carbonyl (C=O) groups is 2. The summed E-state index contributed by atoms with van der Waals surface area (Å²) in [7, 11) is 3.27. The second-order valence-electron chi connectivity index (χ2n) is 16.7. The van der Waals surface area contributed by atoms with E-state index in [1.807, 2.05) is 108 Å². The highest BCUT2D eigenvalue weighted by Gasteiger charge is 2.34. The third-order valence-electron chi connectivity index (χ3n) is 12.9. The Bertz CT molecular complexity index is 2870. The van der Waals surface area contributed by atoms with Gasteiger partial charge in [0.15, 0.2) is 0 Å². The lowest BCUT2D eigenvalue weighted by Crippen LogP contribution is -2.40. The molecule has 0 N–H and O–H groups in total. The van der Waals surface area contributed by atoms with Crippen molar-refractivity contribution in [3.8, 4) is 11.5 Å². The Labute approximate surface area is 370 Å². The zero-order chi connectivity index (χ0) is 43.3. The van der Waals surface area contributed by atoms with Gasteiger partial charge in [-0.15, -0.1) is 0 Å². The molecule has 2 aliphatic rings. The molecule has 63 heavy (non-hydrogen) atoms. The Morgan fingerprint density at radius 1 is 0.460 bits per heavy atom. The third kappa shape index (κ3) is 8.54. The monoisotopic (exact) mass is 828 g/mol. The lowest BCUT2D eigenvalue weighted by molar-refractivity contribution is 0.0658. The van der Waals surface area contributed by atoms with Gasteiger partial charge in [0.1, 0.15) is 11.5 Å². The van der Waals surface area contributed by atoms with Crippen LogP contribution in [-0.4, -0.2) is 47.9 Å². The summed E-state index contributed by atoms with van der Waals surface area (Å²) in [6.07, 6.45) is 3.51. The van der Waals surface area contributed by atoms with Crippen LogP contribution in [0.1, 0.15) is 59.7 Å². The molecule has 8 aromatic carbocycles. The molecule has 0 fully saturated rings. The molecule has 0 heterocycles. The summed E-state index contributed by atoms with van der Waals surface area (Å²) in [6.45, 7) is 3.27. The van der Waals surface area contributed by atoms with Gasteiger partial charge in [0.25, 0.3) is 11.8 Å². The Morgan fingerprint density at radius 3 is 1.32 bits per heavy atom. The van der Waals surface area contributed by atoms with Crippen molar-refractivity contribution >= 4 is 33.4 Å². The van der Waals surface area contributed by atoms with Crippen molar-refractivity contribution in [3.63, 3.8) is 0 Å². The molecule has 0 radical (unpaired) electrons. The average Bonchev–Trinajstić information content (AvgIpc) is 3.97. The molecular formula is C57H52N2O4. The van der Waals surface area contributed by atoms with Crippen molar-refractivity contribution in [2.24, 2.45) is 0 Å². The van der Waals surface area contributed by atoms with E-state index in [0.29, 0.717) is 35.7 Å². The SMILES string of the molecule is COc1ccc2ccccc2c1C(=O)N(Cc1ccccc1)C1Cc2ccccc2C1.COc1ccc2ccccc2c1C(=O)N(Cc1ccccc1C)C1Cc2ccccc2C1. The Morgan fingerprint density at radius 2 is 0.857 bits per heavy atom. The highest BCUT2D eigenvalue weighted by molar-refractivity contribution is 6.10. The van der Waals surface area contributed by atoms with Gasteiger partial charge in [0, 0.05) is 25.2 Å². The van der Waals surface area contributed by atoms with E-state index < -0.39 is 0 Å². The van der Waals surface area contributed by atoms with E-state index in [4.69, 9.17) is 9.47 Å². The van der Waals surface area contributed by atoms with Crippen LogP contribution in [0.15, 0.2) is 176 Å². The van der Waals surface area contributed by atoms with Crippen molar-refractivity contribution in [1.29, 1.82) is 0 Å². The van der Waals surface area contributed by atoms with Gasteiger partial charge in [-0.05, 0) is 105 Å².